The fourth-order valence-corrected chi connectivity index (χ4v) is 11.2. The average molecular weight is 693 g/mol. The Morgan fingerprint density at radius 2 is 1.58 bits per heavy atom. The van der Waals surface area contributed by atoms with E-state index in [0.29, 0.717) is 24.4 Å². The molecule has 0 saturated heterocycles. The van der Waals surface area contributed by atoms with Gasteiger partial charge in [-0.2, -0.15) is 0 Å². The Kier molecular flexibility index (Phi) is 15.0. The number of esters is 2. The first kappa shape index (κ1) is 39.5. The molecule has 0 amide bonds. The van der Waals surface area contributed by atoms with Gasteiger partial charge in [0.05, 0.1) is 5.94 Å². The van der Waals surface area contributed by atoms with Gasteiger partial charge in [-0.3, -0.25) is 4.79 Å². The maximum Gasteiger partial charge on any atom is 0.333 e. The molecular weight excluding hydrogens is 637 g/mol. The molecule has 0 saturated carbocycles. The summed E-state index contributed by atoms with van der Waals surface area (Å²) in [7, 11) is -3.13. The van der Waals surface area contributed by atoms with Crippen molar-refractivity contribution in [1.82, 2.24) is 0 Å². The molecule has 2 aromatic rings. The summed E-state index contributed by atoms with van der Waals surface area (Å²) >= 11 is 1.55. The van der Waals surface area contributed by atoms with Gasteiger partial charge >= 0.3 is 11.9 Å². The SMILES string of the molecule is CC=C(C)C1CC=C(C)C(O[Si](c2ccccc2)(c2ccccc2)C(C)(C)C)C(OC(=O)CC(C)C)C(OCSC)CC=C(C)C(=O)O1. The number of carbonyl (C=O) groups excluding carboxylic acids is 2. The van der Waals surface area contributed by atoms with Crippen molar-refractivity contribution in [2.24, 2.45) is 5.92 Å². The van der Waals surface area contributed by atoms with E-state index in [-0.39, 0.29) is 29.3 Å². The number of hydrogen-bond acceptors (Lipinski definition) is 7. The van der Waals surface area contributed by atoms with Crippen molar-refractivity contribution in [1.29, 1.82) is 0 Å². The molecule has 0 radical (unpaired) electrons. The van der Waals surface area contributed by atoms with Crippen molar-refractivity contribution in [3.63, 3.8) is 0 Å². The molecule has 262 valence electrons. The number of ether oxygens (including phenoxy) is 3. The van der Waals surface area contributed by atoms with E-state index in [0.717, 1.165) is 21.5 Å². The van der Waals surface area contributed by atoms with E-state index >= 15 is 0 Å². The van der Waals surface area contributed by atoms with Gasteiger partial charge in [-0.05, 0) is 72.8 Å². The molecule has 3 rings (SSSR count). The minimum atomic E-state index is -3.13. The van der Waals surface area contributed by atoms with E-state index < -0.39 is 32.7 Å². The lowest BCUT2D eigenvalue weighted by atomic mass is 9.95. The first-order valence-corrected chi connectivity index (χ1v) is 20.3. The van der Waals surface area contributed by atoms with Crippen molar-refractivity contribution >= 4 is 42.4 Å². The molecule has 1 heterocycles. The van der Waals surface area contributed by atoms with Crippen LogP contribution in [0.25, 0.3) is 0 Å². The minimum Gasteiger partial charge on any atom is -0.456 e. The predicted octanol–water partition coefficient (Wildman–Crippen LogP) is 8.16. The maximum atomic E-state index is 13.6. The summed E-state index contributed by atoms with van der Waals surface area (Å²) in [6.45, 7) is 18.5. The van der Waals surface area contributed by atoms with Crippen LogP contribution < -0.4 is 10.4 Å². The number of thioether (sulfide) groups is 1. The van der Waals surface area contributed by atoms with Crippen molar-refractivity contribution in [3.8, 4) is 0 Å². The van der Waals surface area contributed by atoms with E-state index in [2.05, 4.69) is 75.4 Å². The molecule has 2 aromatic carbocycles. The summed E-state index contributed by atoms with van der Waals surface area (Å²) in [5, 5.41) is 1.94. The largest absolute Gasteiger partial charge is 0.456 e. The number of hydrogen-bond donors (Lipinski definition) is 0. The van der Waals surface area contributed by atoms with Crippen LogP contribution in [0.4, 0.5) is 0 Å². The second-order valence-electron chi connectivity index (χ2n) is 14.1. The highest BCUT2D eigenvalue weighted by Crippen LogP contribution is 2.40. The van der Waals surface area contributed by atoms with E-state index in [1.54, 1.807) is 18.7 Å². The number of carbonyl (C=O) groups is 2. The number of benzene rings is 2. The van der Waals surface area contributed by atoms with E-state index in [4.69, 9.17) is 18.6 Å². The fourth-order valence-electron chi connectivity index (χ4n) is 6.14. The van der Waals surface area contributed by atoms with Gasteiger partial charge in [0.1, 0.15) is 18.3 Å². The lowest BCUT2D eigenvalue weighted by Gasteiger charge is -2.47. The molecular formula is C40H56O6SSi. The molecule has 48 heavy (non-hydrogen) atoms. The Bertz CT molecular complexity index is 1390. The van der Waals surface area contributed by atoms with Gasteiger partial charge in [-0.1, -0.05) is 114 Å². The molecule has 4 unspecified atom stereocenters. The Labute approximate surface area is 294 Å². The summed E-state index contributed by atoms with van der Waals surface area (Å²) in [4.78, 5) is 26.9. The zero-order valence-corrected chi connectivity index (χ0v) is 32.4. The molecule has 0 N–H and O–H groups in total. The second kappa shape index (κ2) is 18.2. The van der Waals surface area contributed by atoms with Gasteiger partial charge in [0.25, 0.3) is 8.32 Å². The van der Waals surface area contributed by atoms with Gasteiger partial charge in [0.15, 0.2) is 6.10 Å². The molecule has 0 fully saturated rings. The van der Waals surface area contributed by atoms with Crippen LogP contribution in [0.2, 0.25) is 5.04 Å². The highest BCUT2D eigenvalue weighted by molar-refractivity contribution is 7.98. The van der Waals surface area contributed by atoms with Gasteiger partial charge in [-0.25, -0.2) is 4.79 Å². The number of allylic oxidation sites excluding steroid dienone is 1. The molecule has 0 aromatic heterocycles. The van der Waals surface area contributed by atoms with Crippen molar-refractivity contribution in [2.75, 3.05) is 12.2 Å². The van der Waals surface area contributed by atoms with Crippen LogP contribution in [0.1, 0.15) is 81.6 Å². The van der Waals surface area contributed by atoms with Gasteiger partial charge < -0.3 is 18.6 Å². The van der Waals surface area contributed by atoms with Crippen LogP contribution in [-0.2, 0) is 28.2 Å². The summed E-state index contributed by atoms with van der Waals surface area (Å²) in [5.41, 5.74) is 2.34. The Morgan fingerprint density at radius 3 is 2.08 bits per heavy atom. The Morgan fingerprint density at radius 1 is 1.00 bits per heavy atom. The maximum absolute atomic E-state index is 13.6. The zero-order valence-electron chi connectivity index (χ0n) is 30.6. The fraction of sp³-hybridized carbons (Fsp3) is 0.500. The topological polar surface area (TPSA) is 71.1 Å². The molecule has 0 aliphatic carbocycles. The summed E-state index contributed by atoms with van der Waals surface area (Å²) in [6, 6.07) is 21.0. The molecule has 0 bridgehead atoms. The number of rotatable bonds is 11. The van der Waals surface area contributed by atoms with Crippen LogP contribution >= 0.6 is 11.8 Å². The Hall–Kier alpha value is -2.91. The molecule has 6 nitrogen and oxygen atoms in total. The summed E-state index contributed by atoms with van der Waals surface area (Å²) in [6.07, 6.45) is 6.45. The second-order valence-corrected chi connectivity index (χ2v) is 19.2. The quantitative estimate of drug-likeness (QED) is 0.102. The monoisotopic (exact) mass is 692 g/mol. The molecule has 8 heteroatoms. The average Bonchev–Trinajstić information content (AvgIpc) is 3.05. The zero-order chi connectivity index (χ0) is 35.5. The van der Waals surface area contributed by atoms with Crippen LogP contribution in [0.5, 0.6) is 0 Å². The lowest BCUT2D eigenvalue weighted by molar-refractivity contribution is -0.164. The third-order valence-corrected chi connectivity index (χ3v) is 14.3. The van der Waals surface area contributed by atoms with Gasteiger partial charge in [0.2, 0.25) is 0 Å². The van der Waals surface area contributed by atoms with Crippen molar-refractivity contribution in [3.05, 3.63) is 95.6 Å². The van der Waals surface area contributed by atoms with E-state index in [1.807, 2.05) is 65.2 Å². The van der Waals surface area contributed by atoms with E-state index in [1.165, 1.54) is 0 Å². The first-order valence-electron chi connectivity index (χ1n) is 17.0. The summed E-state index contributed by atoms with van der Waals surface area (Å²) < 4.78 is 26.8. The normalized spacial score (nSPS) is 21.8. The van der Waals surface area contributed by atoms with Crippen LogP contribution in [-0.4, -0.2) is 56.9 Å². The number of cyclic esters (lactones) is 1. The highest BCUT2D eigenvalue weighted by atomic mass is 32.2. The minimum absolute atomic E-state index is 0.114. The van der Waals surface area contributed by atoms with Crippen LogP contribution in [0, 0.1) is 5.92 Å². The first-order chi connectivity index (χ1) is 22.7. The van der Waals surface area contributed by atoms with Crippen molar-refractivity contribution in [2.45, 2.75) is 111 Å². The van der Waals surface area contributed by atoms with Gasteiger partial charge in [-0.15, -0.1) is 11.8 Å². The highest BCUT2D eigenvalue weighted by Gasteiger charge is 2.53. The smallest absolute Gasteiger partial charge is 0.333 e. The van der Waals surface area contributed by atoms with Crippen molar-refractivity contribution < 1.29 is 28.2 Å². The third-order valence-electron chi connectivity index (χ3n) is 8.92. The molecule has 1 aliphatic heterocycles. The molecule has 1 aliphatic rings. The van der Waals surface area contributed by atoms with E-state index in [9.17, 15) is 9.59 Å². The van der Waals surface area contributed by atoms with Crippen LogP contribution in [0.3, 0.4) is 0 Å². The third kappa shape index (κ3) is 10.1. The Balaban J connectivity index is 2.38. The standard InChI is InChI=1S/C40H56O6SSi/c1-11-29(4)34-24-22-30(5)37(46-48(40(7,8)9,32-18-14-12-15-19-32)33-20-16-13-17-21-33)38(45-36(41)26-28(2)3)35(43-27-47-10)25-23-31(6)39(42)44-34/h11-23,28,34-35,37-38H,24-27H2,1-10H3. The molecule has 4 atom stereocenters. The summed E-state index contributed by atoms with van der Waals surface area (Å²) in [5.74, 6) is -0.169. The van der Waals surface area contributed by atoms with Crippen LogP contribution in [0.15, 0.2) is 95.6 Å². The van der Waals surface area contributed by atoms with Gasteiger partial charge in [0, 0.05) is 18.4 Å². The predicted molar refractivity (Wildman–Crippen MR) is 201 cm³/mol. The lowest BCUT2D eigenvalue weighted by Crippen LogP contribution is -2.69. The molecule has 0 spiro atoms.